The lowest BCUT2D eigenvalue weighted by Crippen LogP contribution is -2.25. The molecule has 1 unspecified atom stereocenters. The fraction of sp³-hybridized carbons (Fsp3) is 0.800. The topological polar surface area (TPSA) is 0 Å². The van der Waals surface area contributed by atoms with Crippen molar-refractivity contribution in [2.24, 2.45) is 22.2 Å². The van der Waals surface area contributed by atoms with E-state index in [2.05, 4.69) is 74.5 Å². The Hall–Kier alpha value is -0.520. The van der Waals surface area contributed by atoms with Crippen molar-refractivity contribution in [2.45, 2.75) is 81.6 Å². The van der Waals surface area contributed by atoms with Gasteiger partial charge in [-0.05, 0) is 41.4 Å². The van der Waals surface area contributed by atoms with E-state index in [9.17, 15) is 0 Å². The van der Waals surface area contributed by atoms with E-state index in [0.717, 1.165) is 0 Å². The fourth-order valence-electron chi connectivity index (χ4n) is 2.64. The zero-order valence-corrected chi connectivity index (χ0v) is 15.4. The van der Waals surface area contributed by atoms with Crippen molar-refractivity contribution in [3.05, 3.63) is 23.3 Å². The van der Waals surface area contributed by atoms with Crippen LogP contribution in [0.3, 0.4) is 0 Å². The van der Waals surface area contributed by atoms with Crippen LogP contribution in [0.4, 0.5) is 0 Å². The molecule has 0 spiro atoms. The van der Waals surface area contributed by atoms with Crippen molar-refractivity contribution in [2.75, 3.05) is 0 Å². The third kappa shape index (κ3) is 5.46. The SMILES string of the molecule is CC(C)(C)CCC1=CC(C(C)(C)C)CC(C(C)(C)C)=C1. The number of hydrogen-bond donors (Lipinski definition) is 0. The summed E-state index contributed by atoms with van der Waals surface area (Å²) in [7, 11) is 0. The highest BCUT2D eigenvalue weighted by Crippen LogP contribution is 2.43. The highest BCUT2D eigenvalue weighted by atomic mass is 14.4. The van der Waals surface area contributed by atoms with E-state index in [-0.39, 0.29) is 0 Å². The summed E-state index contributed by atoms with van der Waals surface area (Å²) in [4.78, 5) is 0. The van der Waals surface area contributed by atoms with Crippen LogP contribution in [0.5, 0.6) is 0 Å². The first-order chi connectivity index (χ1) is 8.79. The lowest BCUT2D eigenvalue weighted by molar-refractivity contribution is 0.272. The van der Waals surface area contributed by atoms with E-state index in [1.165, 1.54) is 19.3 Å². The second-order valence-corrected chi connectivity index (χ2v) is 9.90. The van der Waals surface area contributed by atoms with Crippen molar-refractivity contribution in [3.63, 3.8) is 0 Å². The fourth-order valence-corrected chi connectivity index (χ4v) is 2.64. The molecule has 0 radical (unpaired) electrons. The van der Waals surface area contributed by atoms with Crippen molar-refractivity contribution in [1.29, 1.82) is 0 Å². The Bertz CT molecular complexity index is 385. The smallest absolute Gasteiger partial charge is 0.0141 e. The van der Waals surface area contributed by atoms with Crippen LogP contribution in [0.25, 0.3) is 0 Å². The van der Waals surface area contributed by atoms with Gasteiger partial charge >= 0.3 is 0 Å². The van der Waals surface area contributed by atoms with Crippen molar-refractivity contribution in [1.82, 2.24) is 0 Å². The molecule has 0 amide bonds. The monoisotopic (exact) mass is 276 g/mol. The van der Waals surface area contributed by atoms with Crippen molar-refractivity contribution < 1.29 is 0 Å². The van der Waals surface area contributed by atoms with Gasteiger partial charge in [-0.2, -0.15) is 0 Å². The van der Waals surface area contributed by atoms with E-state index in [1.54, 1.807) is 11.1 Å². The largest absolute Gasteiger partial charge is 0.0774 e. The van der Waals surface area contributed by atoms with Gasteiger partial charge in [-0.3, -0.25) is 0 Å². The van der Waals surface area contributed by atoms with Gasteiger partial charge in [0.15, 0.2) is 0 Å². The molecule has 0 nitrogen and oxygen atoms in total. The van der Waals surface area contributed by atoms with Crippen molar-refractivity contribution >= 4 is 0 Å². The summed E-state index contributed by atoms with van der Waals surface area (Å²) >= 11 is 0. The zero-order valence-electron chi connectivity index (χ0n) is 15.4. The summed E-state index contributed by atoms with van der Waals surface area (Å²) < 4.78 is 0. The average molecular weight is 277 g/mol. The molecule has 1 aliphatic rings. The van der Waals surface area contributed by atoms with Gasteiger partial charge in [-0.25, -0.2) is 0 Å². The molecule has 0 aromatic rings. The molecule has 0 saturated heterocycles. The molecule has 116 valence electrons. The molecule has 0 saturated carbocycles. The molecule has 0 aromatic carbocycles. The van der Waals surface area contributed by atoms with E-state index >= 15 is 0 Å². The summed E-state index contributed by atoms with van der Waals surface area (Å²) in [5.41, 5.74) is 4.27. The Kier molecular flexibility index (Phi) is 4.99. The summed E-state index contributed by atoms with van der Waals surface area (Å²) in [6.45, 7) is 21.2. The molecule has 0 heterocycles. The lowest BCUT2D eigenvalue weighted by Gasteiger charge is -2.37. The van der Waals surface area contributed by atoms with Gasteiger partial charge in [0, 0.05) is 0 Å². The number of allylic oxidation sites excluding steroid dienone is 4. The molecule has 0 bridgehead atoms. The first-order valence-electron chi connectivity index (χ1n) is 8.21. The normalized spacial score (nSPS) is 21.6. The van der Waals surface area contributed by atoms with Gasteiger partial charge in [-0.1, -0.05) is 85.6 Å². The molecule has 20 heavy (non-hydrogen) atoms. The molecular formula is C20H36. The number of rotatable bonds is 2. The van der Waals surface area contributed by atoms with Gasteiger partial charge < -0.3 is 0 Å². The van der Waals surface area contributed by atoms with Gasteiger partial charge in [-0.15, -0.1) is 0 Å². The molecule has 1 aliphatic carbocycles. The van der Waals surface area contributed by atoms with Crippen LogP contribution in [0.1, 0.15) is 81.6 Å². The van der Waals surface area contributed by atoms with E-state index in [1.807, 2.05) is 0 Å². The Morgan fingerprint density at radius 2 is 1.50 bits per heavy atom. The Labute approximate surface area is 127 Å². The molecule has 0 heteroatoms. The van der Waals surface area contributed by atoms with Crippen LogP contribution in [0.15, 0.2) is 23.3 Å². The standard InChI is InChI=1S/C20H36/c1-18(2,3)11-10-15-12-16(19(4,5)6)14-17(13-15)20(7,8)9/h12-13,16H,10-11,14H2,1-9H3. The predicted octanol–water partition coefficient (Wildman–Crippen LogP) is 6.78. The first kappa shape index (κ1) is 17.5. The first-order valence-corrected chi connectivity index (χ1v) is 8.21. The highest BCUT2D eigenvalue weighted by Gasteiger charge is 2.30. The summed E-state index contributed by atoms with van der Waals surface area (Å²) in [6.07, 6.45) is 8.76. The molecule has 1 rings (SSSR count). The molecule has 1 atom stereocenters. The summed E-state index contributed by atoms with van der Waals surface area (Å²) in [5.74, 6) is 0.677. The number of hydrogen-bond acceptors (Lipinski definition) is 0. The quantitative estimate of drug-likeness (QED) is 0.521. The summed E-state index contributed by atoms with van der Waals surface area (Å²) in [6, 6.07) is 0. The third-order valence-corrected chi connectivity index (χ3v) is 4.45. The molecule has 0 aromatic heterocycles. The van der Waals surface area contributed by atoms with Crippen LogP contribution in [-0.2, 0) is 0 Å². The van der Waals surface area contributed by atoms with Crippen LogP contribution in [0.2, 0.25) is 0 Å². The Morgan fingerprint density at radius 1 is 0.950 bits per heavy atom. The van der Waals surface area contributed by atoms with Crippen LogP contribution in [0, 0.1) is 22.2 Å². The van der Waals surface area contributed by atoms with Crippen LogP contribution in [-0.4, -0.2) is 0 Å². The van der Waals surface area contributed by atoms with E-state index in [0.29, 0.717) is 22.2 Å². The lowest BCUT2D eigenvalue weighted by atomic mass is 9.68. The summed E-state index contributed by atoms with van der Waals surface area (Å²) in [5, 5.41) is 0. The molecule has 0 N–H and O–H groups in total. The van der Waals surface area contributed by atoms with Gasteiger partial charge in [0.1, 0.15) is 0 Å². The Morgan fingerprint density at radius 3 is 1.90 bits per heavy atom. The maximum atomic E-state index is 2.56. The minimum Gasteiger partial charge on any atom is -0.0774 e. The highest BCUT2D eigenvalue weighted by molar-refractivity contribution is 5.33. The van der Waals surface area contributed by atoms with Gasteiger partial charge in [0.2, 0.25) is 0 Å². The van der Waals surface area contributed by atoms with Crippen LogP contribution >= 0.6 is 0 Å². The van der Waals surface area contributed by atoms with Gasteiger partial charge in [0.05, 0.1) is 0 Å². The van der Waals surface area contributed by atoms with Gasteiger partial charge in [0.25, 0.3) is 0 Å². The molecule has 0 aliphatic heterocycles. The van der Waals surface area contributed by atoms with E-state index in [4.69, 9.17) is 0 Å². The maximum absolute atomic E-state index is 2.56. The molecule has 0 fully saturated rings. The van der Waals surface area contributed by atoms with Crippen LogP contribution < -0.4 is 0 Å². The second kappa shape index (κ2) is 5.70. The zero-order chi connectivity index (χ0) is 15.8. The second-order valence-electron chi connectivity index (χ2n) is 9.90. The Balaban J connectivity index is 2.98. The average Bonchev–Trinajstić information content (AvgIpc) is 2.22. The van der Waals surface area contributed by atoms with E-state index < -0.39 is 0 Å². The minimum atomic E-state index is 0.296. The maximum Gasteiger partial charge on any atom is -0.0141 e. The molecular weight excluding hydrogens is 240 g/mol. The third-order valence-electron chi connectivity index (χ3n) is 4.45. The van der Waals surface area contributed by atoms with Crippen molar-refractivity contribution in [3.8, 4) is 0 Å². The predicted molar refractivity (Wildman–Crippen MR) is 91.9 cm³/mol. The minimum absolute atomic E-state index is 0.296.